The highest BCUT2D eigenvalue weighted by atomic mass is 16.4. The molecule has 0 bridgehead atoms. The van der Waals surface area contributed by atoms with Gasteiger partial charge in [-0.3, -0.25) is 9.59 Å². The molecule has 1 rings (SSSR count). The molecule has 6 nitrogen and oxygen atoms in total. The van der Waals surface area contributed by atoms with E-state index in [9.17, 15) is 14.4 Å². The highest BCUT2D eigenvalue weighted by Gasteiger charge is 2.24. The molecule has 0 aromatic carbocycles. The molecule has 0 heterocycles. The second-order valence-corrected chi connectivity index (χ2v) is 6.55. The monoisotopic (exact) mass is 326 g/mol. The number of hydrogen-bond acceptors (Lipinski definition) is 3. The summed E-state index contributed by atoms with van der Waals surface area (Å²) in [6.07, 6.45) is 7.38. The van der Waals surface area contributed by atoms with Crippen LogP contribution in [-0.2, 0) is 14.4 Å². The molecule has 2 atom stereocenters. The van der Waals surface area contributed by atoms with E-state index in [0.29, 0.717) is 6.42 Å². The van der Waals surface area contributed by atoms with Gasteiger partial charge in [0.15, 0.2) is 0 Å². The smallest absolute Gasteiger partial charge is 0.326 e. The third kappa shape index (κ3) is 7.48. The number of hydrogen-bond donors (Lipinski definition) is 3. The summed E-state index contributed by atoms with van der Waals surface area (Å²) in [5, 5.41) is 14.5. The maximum Gasteiger partial charge on any atom is 0.326 e. The molecule has 23 heavy (non-hydrogen) atoms. The van der Waals surface area contributed by atoms with Crippen LogP contribution in [0.4, 0.5) is 0 Å². The Morgan fingerprint density at radius 1 is 1.13 bits per heavy atom. The molecular weight excluding hydrogens is 296 g/mol. The summed E-state index contributed by atoms with van der Waals surface area (Å²) in [4.78, 5) is 35.2. The van der Waals surface area contributed by atoms with Crippen molar-refractivity contribution in [2.45, 2.75) is 83.7 Å². The van der Waals surface area contributed by atoms with Gasteiger partial charge >= 0.3 is 5.97 Å². The third-order valence-corrected chi connectivity index (χ3v) is 4.34. The zero-order chi connectivity index (χ0) is 17.2. The van der Waals surface area contributed by atoms with Crippen molar-refractivity contribution < 1.29 is 19.5 Å². The molecule has 1 fully saturated rings. The van der Waals surface area contributed by atoms with E-state index >= 15 is 0 Å². The Hall–Kier alpha value is -1.59. The van der Waals surface area contributed by atoms with Crippen molar-refractivity contribution >= 4 is 17.8 Å². The Labute approximate surface area is 138 Å². The average molecular weight is 326 g/mol. The molecule has 2 unspecified atom stereocenters. The molecule has 0 radical (unpaired) electrons. The van der Waals surface area contributed by atoms with Gasteiger partial charge in [0, 0.05) is 18.4 Å². The minimum absolute atomic E-state index is 0.0192. The Kier molecular flexibility index (Phi) is 8.66. The first-order valence-corrected chi connectivity index (χ1v) is 8.76. The number of amides is 2. The van der Waals surface area contributed by atoms with Crippen LogP contribution in [0.3, 0.4) is 0 Å². The summed E-state index contributed by atoms with van der Waals surface area (Å²) in [6.45, 7) is 3.76. The predicted molar refractivity (Wildman–Crippen MR) is 87.9 cm³/mol. The quantitative estimate of drug-likeness (QED) is 0.605. The Morgan fingerprint density at radius 3 is 2.35 bits per heavy atom. The van der Waals surface area contributed by atoms with Crippen molar-refractivity contribution in [1.29, 1.82) is 0 Å². The standard InChI is InChI=1S/C17H30N2O4/c1-3-4-10-14(17(22)23)19-15(20)11-12(2)18-16(21)13-8-6-5-7-9-13/h12-14H,3-11H2,1-2H3,(H,18,21)(H,19,20)(H,22,23). The van der Waals surface area contributed by atoms with Crippen LogP contribution in [0.25, 0.3) is 0 Å². The van der Waals surface area contributed by atoms with E-state index in [1.165, 1.54) is 6.42 Å². The van der Waals surface area contributed by atoms with Gasteiger partial charge in [0.05, 0.1) is 0 Å². The highest BCUT2D eigenvalue weighted by molar-refractivity contribution is 5.84. The van der Waals surface area contributed by atoms with Crippen LogP contribution in [0.1, 0.15) is 71.6 Å². The summed E-state index contributed by atoms with van der Waals surface area (Å²) < 4.78 is 0. The fourth-order valence-electron chi connectivity index (χ4n) is 2.97. The second-order valence-electron chi connectivity index (χ2n) is 6.55. The molecule has 3 N–H and O–H groups in total. The van der Waals surface area contributed by atoms with E-state index < -0.39 is 12.0 Å². The maximum absolute atomic E-state index is 12.1. The second kappa shape index (κ2) is 10.2. The Balaban J connectivity index is 2.36. The molecule has 1 saturated carbocycles. The van der Waals surface area contributed by atoms with Gasteiger partial charge in [0.2, 0.25) is 11.8 Å². The zero-order valence-electron chi connectivity index (χ0n) is 14.3. The van der Waals surface area contributed by atoms with Crippen molar-refractivity contribution in [3.05, 3.63) is 0 Å². The number of carbonyl (C=O) groups is 3. The molecule has 0 aliphatic heterocycles. The van der Waals surface area contributed by atoms with Crippen molar-refractivity contribution in [2.75, 3.05) is 0 Å². The summed E-state index contributed by atoms with van der Waals surface area (Å²) in [5.74, 6) is -1.26. The van der Waals surface area contributed by atoms with Crippen LogP contribution in [0.15, 0.2) is 0 Å². The van der Waals surface area contributed by atoms with E-state index in [1.54, 1.807) is 6.92 Å². The third-order valence-electron chi connectivity index (χ3n) is 4.34. The van der Waals surface area contributed by atoms with Crippen LogP contribution >= 0.6 is 0 Å². The van der Waals surface area contributed by atoms with Gasteiger partial charge in [-0.15, -0.1) is 0 Å². The maximum atomic E-state index is 12.1. The first kappa shape index (κ1) is 19.5. The van der Waals surface area contributed by atoms with Crippen LogP contribution in [-0.4, -0.2) is 35.0 Å². The van der Waals surface area contributed by atoms with E-state index in [1.807, 2.05) is 6.92 Å². The van der Waals surface area contributed by atoms with E-state index in [2.05, 4.69) is 10.6 Å². The van der Waals surface area contributed by atoms with Crippen molar-refractivity contribution in [2.24, 2.45) is 5.92 Å². The van der Waals surface area contributed by atoms with E-state index in [-0.39, 0.29) is 30.2 Å². The minimum atomic E-state index is -1.01. The number of carboxylic acids is 1. The number of aliphatic carboxylic acids is 1. The van der Waals surface area contributed by atoms with Crippen LogP contribution in [0, 0.1) is 5.92 Å². The number of carboxylic acid groups (broad SMARTS) is 1. The molecule has 132 valence electrons. The molecule has 2 amide bonds. The fraction of sp³-hybridized carbons (Fsp3) is 0.824. The Bertz CT molecular complexity index is 405. The lowest BCUT2D eigenvalue weighted by Gasteiger charge is -2.23. The van der Waals surface area contributed by atoms with Gasteiger partial charge in [0.25, 0.3) is 0 Å². The molecule has 1 aliphatic rings. The van der Waals surface area contributed by atoms with Gasteiger partial charge in [-0.1, -0.05) is 39.0 Å². The largest absolute Gasteiger partial charge is 0.480 e. The molecular formula is C17H30N2O4. The number of carbonyl (C=O) groups excluding carboxylic acids is 2. The summed E-state index contributed by atoms with van der Waals surface area (Å²) in [6, 6.07) is -1.13. The van der Waals surface area contributed by atoms with E-state index in [4.69, 9.17) is 5.11 Å². The van der Waals surface area contributed by atoms with Gasteiger partial charge < -0.3 is 15.7 Å². The first-order chi connectivity index (χ1) is 10.9. The van der Waals surface area contributed by atoms with Gasteiger partial charge in [-0.25, -0.2) is 4.79 Å². The molecule has 6 heteroatoms. The summed E-state index contributed by atoms with van der Waals surface area (Å²) in [7, 11) is 0. The lowest BCUT2D eigenvalue weighted by molar-refractivity contribution is -0.142. The van der Waals surface area contributed by atoms with Crippen LogP contribution in [0.5, 0.6) is 0 Å². The number of nitrogens with one attached hydrogen (secondary N) is 2. The SMILES string of the molecule is CCCCC(NC(=O)CC(C)NC(=O)C1CCCCC1)C(=O)O. The lowest BCUT2D eigenvalue weighted by Crippen LogP contribution is -2.45. The van der Waals surface area contributed by atoms with Gasteiger partial charge in [0.1, 0.15) is 6.04 Å². The average Bonchev–Trinajstić information content (AvgIpc) is 2.51. The molecule has 1 aliphatic carbocycles. The topological polar surface area (TPSA) is 95.5 Å². The lowest BCUT2D eigenvalue weighted by atomic mass is 9.88. The summed E-state index contributed by atoms with van der Waals surface area (Å²) >= 11 is 0. The van der Waals surface area contributed by atoms with Crippen LogP contribution in [0.2, 0.25) is 0 Å². The normalized spacial score (nSPS) is 18.0. The minimum Gasteiger partial charge on any atom is -0.480 e. The van der Waals surface area contributed by atoms with Crippen molar-refractivity contribution in [1.82, 2.24) is 10.6 Å². The molecule has 0 aromatic heterocycles. The van der Waals surface area contributed by atoms with Gasteiger partial charge in [-0.2, -0.15) is 0 Å². The van der Waals surface area contributed by atoms with Crippen molar-refractivity contribution in [3.8, 4) is 0 Å². The number of unbranched alkanes of at least 4 members (excludes halogenated alkanes) is 1. The summed E-state index contributed by atoms with van der Waals surface area (Å²) in [5.41, 5.74) is 0. The molecule has 0 spiro atoms. The van der Waals surface area contributed by atoms with Gasteiger partial charge in [-0.05, 0) is 26.2 Å². The molecule has 0 aromatic rings. The zero-order valence-corrected chi connectivity index (χ0v) is 14.3. The first-order valence-electron chi connectivity index (χ1n) is 8.76. The van der Waals surface area contributed by atoms with Crippen LogP contribution < -0.4 is 10.6 Å². The fourth-order valence-corrected chi connectivity index (χ4v) is 2.97. The molecule has 0 saturated heterocycles. The highest BCUT2D eigenvalue weighted by Crippen LogP contribution is 2.23. The predicted octanol–water partition coefficient (Wildman–Crippen LogP) is 2.22. The Morgan fingerprint density at radius 2 is 1.78 bits per heavy atom. The number of rotatable bonds is 9. The van der Waals surface area contributed by atoms with Crippen molar-refractivity contribution in [3.63, 3.8) is 0 Å². The van der Waals surface area contributed by atoms with E-state index in [0.717, 1.165) is 38.5 Å².